The molecule has 2 N–H and O–H groups in total. The van der Waals surface area contributed by atoms with Gasteiger partial charge in [0.2, 0.25) is 11.8 Å². The van der Waals surface area contributed by atoms with Gasteiger partial charge in [-0.2, -0.15) is 0 Å². The molecule has 1 aromatic rings. The molecule has 2 heterocycles. The lowest BCUT2D eigenvalue weighted by atomic mass is 10.0. The second-order valence-electron chi connectivity index (χ2n) is 5.93. The molecule has 0 spiro atoms. The van der Waals surface area contributed by atoms with Gasteiger partial charge in [-0.05, 0) is 30.9 Å². The van der Waals surface area contributed by atoms with E-state index >= 15 is 0 Å². The van der Waals surface area contributed by atoms with Gasteiger partial charge in [-0.3, -0.25) is 9.59 Å². The molecule has 1 aromatic carbocycles. The van der Waals surface area contributed by atoms with Crippen LogP contribution in [0.1, 0.15) is 30.0 Å². The van der Waals surface area contributed by atoms with E-state index in [9.17, 15) is 9.59 Å². The number of hydrogen-bond acceptors (Lipinski definition) is 3. The van der Waals surface area contributed by atoms with Gasteiger partial charge in [0.05, 0.1) is 6.54 Å². The highest BCUT2D eigenvalue weighted by Crippen LogP contribution is 2.25. The first-order chi connectivity index (χ1) is 10.1. The van der Waals surface area contributed by atoms with Crippen molar-refractivity contribution in [1.29, 1.82) is 0 Å². The van der Waals surface area contributed by atoms with E-state index in [0.717, 1.165) is 24.0 Å². The molecule has 2 saturated heterocycles. The van der Waals surface area contributed by atoms with Crippen molar-refractivity contribution in [3.05, 3.63) is 35.4 Å². The molecule has 0 aliphatic carbocycles. The van der Waals surface area contributed by atoms with Crippen LogP contribution >= 0.6 is 0 Å². The Kier molecular flexibility index (Phi) is 3.68. The Hall–Kier alpha value is -1.88. The molecule has 0 radical (unpaired) electrons. The summed E-state index contributed by atoms with van der Waals surface area (Å²) in [5, 5.41) is 0. The summed E-state index contributed by atoms with van der Waals surface area (Å²) in [6.07, 6.45) is 1.69. The van der Waals surface area contributed by atoms with Crippen molar-refractivity contribution < 1.29 is 9.59 Å². The van der Waals surface area contributed by atoms with Gasteiger partial charge in [0.15, 0.2) is 0 Å². The minimum atomic E-state index is -0.254. The van der Waals surface area contributed by atoms with Crippen LogP contribution < -0.4 is 5.73 Å². The molecule has 5 heteroatoms. The lowest BCUT2D eigenvalue weighted by Crippen LogP contribution is -2.58. The maximum absolute atomic E-state index is 12.5. The SMILES string of the molecule is Cc1ccccc1C(N)CN1CC(=O)N2CCCC2C1=O. The third-order valence-electron chi connectivity index (χ3n) is 4.50. The fourth-order valence-corrected chi connectivity index (χ4v) is 3.36. The van der Waals surface area contributed by atoms with E-state index in [2.05, 4.69) is 0 Å². The van der Waals surface area contributed by atoms with Gasteiger partial charge in [0, 0.05) is 19.1 Å². The molecule has 2 atom stereocenters. The number of nitrogens with two attached hydrogens (primary N) is 1. The summed E-state index contributed by atoms with van der Waals surface area (Å²) in [6, 6.07) is 7.41. The van der Waals surface area contributed by atoms with Crippen LogP contribution in [-0.4, -0.2) is 47.3 Å². The molecule has 2 amide bonds. The molecule has 5 nitrogen and oxygen atoms in total. The topological polar surface area (TPSA) is 66.6 Å². The molecule has 21 heavy (non-hydrogen) atoms. The van der Waals surface area contributed by atoms with E-state index in [1.807, 2.05) is 31.2 Å². The van der Waals surface area contributed by atoms with Crippen molar-refractivity contribution >= 4 is 11.8 Å². The highest BCUT2D eigenvalue weighted by Gasteiger charge is 2.42. The third kappa shape index (κ3) is 2.53. The zero-order valence-electron chi connectivity index (χ0n) is 12.3. The Labute approximate surface area is 124 Å². The number of nitrogens with zero attached hydrogens (tertiary/aromatic N) is 2. The van der Waals surface area contributed by atoms with Gasteiger partial charge in [-0.15, -0.1) is 0 Å². The minimum absolute atomic E-state index is 0.0501. The van der Waals surface area contributed by atoms with E-state index in [1.54, 1.807) is 9.80 Å². The first-order valence-corrected chi connectivity index (χ1v) is 7.47. The number of carbonyl (C=O) groups is 2. The van der Waals surface area contributed by atoms with Crippen molar-refractivity contribution in [3.63, 3.8) is 0 Å². The van der Waals surface area contributed by atoms with E-state index in [4.69, 9.17) is 5.73 Å². The molecule has 0 saturated carbocycles. The number of piperazine rings is 1. The number of amides is 2. The normalized spacial score (nSPS) is 23.4. The minimum Gasteiger partial charge on any atom is -0.330 e. The summed E-state index contributed by atoms with van der Waals surface area (Å²) in [4.78, 5) is 27.9. The Morgan fingerprint density at radius 3 is 2.86 bits per heavy atom. The summed E-state index contributed by atoms with van der Waals surface area (Å²) in [6.45, 7) is 3.29. The molecule has 112 valence electrons. The van der Waals surface area contributed by atoms with Gasteiger partial charge in [-0.1, -0.05) is 24.3 Å². The maximum atomic E-state index is 12.5. The average Bonchev–Trinajstić information content (AvgIpc) is 2.95. The van der Waals surface area contributed by atoms with Crippen LogP contribution in [0.25, 0.3) is 0 Å². The smallest absolute Gasteiger partial charge is 0.245 e. The molecule has 0 bridgehead atoms. The van der Waals surface area contributed by atoms with E-state index < -0.39 is 0 Å². The van der Waals surface area contributed by atoms with Gasteiger partial charge in [-0.25, -0.2) is 0 Å². The first kappa shape index (κ1) is 14.1. The number of fused-ring (bicyclic) bond motifs is 1. The van der Waals surface area contributed by atoms with Crippen molar-refractivity contribution in [2.45, 2.75) is 31.8 Å². The molecule has 0 aromatic heterocycles. The maximum Gasteiger partial charge on any atom is 0.245 e. The molecule has 2 unspecified atom stereocenters. The first-order valence-electron chi connectivity index (χ1n) is 7.47. The summed E-state index contributed by atoms with van der Waals surface area (Å²) in [5.74, 6) is 0.102. The molecule has 3 rings (SSSR count). The number of aryl methyl sites for hydroxylation is 1. The molecule has 2 aliphatic heterocycles. The van der Waals surface area contributed by atoms with Crippen LogP contribution in [0.5, 0.6) is 0 Å². The zero-order chi connectivity index (χ0) is 15.0. The number of hydrogen-bond donors (Lipinski definition) is 1. The lowest BCUT2D eigenvalue weighted by molar-refractivity contribution is -0.153. The van der Waals surface area contributed by atoms with Crippen molar-refractivity contribution in [2.75, 3.05) is 19.6 Å². The standard InChI is InChI=1S/C16H21N3O2/c1-11-5-2-3-6-12(11)13(17)9-18-10-15(20)19-8-4-7-14(19)16(18)21/h2-3,5-6,13-14H,4,7-10,17H2,1H3. The third-order valence-corrected chi connectivity index (χ3v) is 4.50. The van der Waals surface area contributed by atoms with Gasteiger partial charge >= 0.3 is 0 Å². The second-order valence-corrected chi connectivity index (χ2v) is 5.93. The summed E-state index contributed by atoms with van der Waals surface area (Å²) < 4.78 is 0. The van der Waals surface area contributed by atoms with Crippen molar-refractivity contribution in [3.8, 4) is 0 Å². The van der Waals surface area contributed by atoms with Gasteiger partial charge in [0.25, 0.3) is 0 Å². The Bertz CT molecular complexity index is 572. The van der Waals surface area contributed by atoms with Crippen LogP contribution in [0.3, 0.4) is 0 Å². The van der Waals surface area contributed by atoms with E-state index in [1.165, 1.54) is 0 Å². The highest BCUT2D eigenvalue weighted by atomic mass is 16.2. The van der Waals surface area contributed by atoms with Crippen molar-refractivity contribution in [2.24, 2.45) is 5.73 Å². The second kappa shape index (κ2) is 5.48. The largest absolute Gasteiger partial charge is 0.330 e. The van der Waals surface area contributed by atoms with Gasteiger partial charge in [0.1, 0.15) is 6.04 Å². The molecule has 2 aliphatic rings. The highest BCUT2D eigenvalue weighted by molar-refractivity contribution is 5.95. The predicted molar refractivity (Wildman–Crippen MR) is 79.4 cm³/mol. The monoisotopic (exact) mass is 287 g/mol. The summed E-state index contributed by atoms with van der Waals surface area (Å²) in [5.41, 5.74) is 8.40. The number of rotatable bonds is 3. The van der Waals surface area contributed by atoms with Gasteiger partial charge < -0.3 is 15.5 Å². The average molecular weight is 287 g/mol. The van der Waals surface area contributed by atoms with Crippen LogP contribution in [-0.2, 0) is 9.59 Å². The van der Waals surface area contributed by atoms with Crippen LogP contribution in [0.2, 0.25) is 0 Å². The van der Waals surface area contributed by atoms with Crippen LogP contribution in [0, 0.1) is 6.92 Å². The molecule has 2 fully saturated rings. The fourth-order valence-electron chi connectivity index (χ4n) is 3.36. The number of benzene rings is 1. The zero-order valence-corrected chi connectivity index (χ0v) is 12.3. The summed E-state index contributed by atoms with van der Waals surface area (Å²) >= 11 is 0. The van der Waals surface area contributed by atoms with Crippen molar-refractivity contribution in [1.82, 2.24) is 9.80 Å². The fraction of sp³-hybridized carbons (Fsp3) is 0.500. The van der Waals surface area contributed by atoms with Crippen LogP contribution in [0.15, 0.2) is 24.3 Å². The number of carbonyl (C=O) groups excluding carboxylic acids is 2. The van der Waals surface area contributed by atoms with Crippen LogP contribution in [0.4, 0.5) is 0 Å². The Balaban J connectivity index is 1.74. The van der Waals surface area contributed by atoms with E-state index in [0.29, 0.717) is 13.1 Å². The summed E-state index contributed by atoms with van der Waals surface area (Å²) in [7, 11) is 0. The van der Waals surface area contributed by atoms with E-state index in [-0.39, 0.29) is 30.4 Å². The quantitative estimate of drug-likeness (QED) is 0.895. The lowest BCUT2D eigenvalue weighted by Gasteiger charge is -2.37. The Morgan fingerprint density at radius 1 is 1.33 bits per heavy atom. The Morgan fingerprint density at radius 2 is 2.10 bits per heavy atom. The molecular formula is C16H21N3O2. The molecular weight excluding hydrogens is 266 g/mol. The predicted octanol–water partition coefficient (Wildman–Crippen LogP) is 0.828.